The Balaban J connectivity index is 2.21. The van der Waals surface area contributed by atoms with E-state index in [0.717, 1.165) is 14.3 Å². The van der Waals surface area contributed by atoms with Crippen LogP contribution in [0.15, 0.2) is 45.8 Å². The van der Waals surface area contributed by atoms with Crippen molar-refractivity contribution >= 4 is 37.5 Å². The number of carbonyl (C=O) groups is 1. The number of nitrogens with one attached hydrogen (secondary N) is 1. The van der Waals surface area contributed by atoms with Gasteiger partial charge < -0.3 is 5.32 Å². The van der Waals surface area contributed by atoms with Crippen molar-refractivity contribution in [2.24, 2.45) is 0 Å². The molecule has 7 heteroatoms. The minimum absolute atomic E-state index is 0.259. The molecule has 0 saturated heterocycles. The zero-order valence-corrected chi connectivity index (χ0v) is 17.0. The smallest absolute Gasteiger partial charge is 0.243 e. The Morgan fingerprint density at radius 1 is 1.12 bits per heavy atom. The maximum absolute atomic E-state index is 12.9. The van der Waals surface area contributed by atoms with E-state index in [1.165, 1.54) is 7.05 Å². The third kappa shape index (κ3) is 4.48. The molecule has 0 atom stereocenters. The van der Waals surface area contributed by atoms with Gasteiger partial charge in [0.1, 0.15) is 0 Å². The average Bonchev–Trinajstić information content (AvgIpc) is 2.48. The van der Waals surface area contributed by atoms with Crippen LogP contribution < -0.4 is 5.32 Å². The minimum atomic E-state index is -3.75. The molecule has 25 heavy (non-hydrogen) atoms. The molecule has 0 unspecified atom stereocenters. The largest absolute Gasteiger partial charge is 0.324 e. The first-order chi connectivity index (χ1) is 11.6. The fraction of sp³-hybridized carbons (Fsp3) is 0.278. The predicted molar refractivity (Wildman–Crippen MR) is 103 cm³/mol. The van der Waals surface area contributed by atoms with E-state index in [4.69, 9.17) is 0 Å². The predicted octanol–water partition coefficient (Wildman–Crippen LogP) is 3.63. The Bertz CT molecular complexity index is 887. The van der Waals surface area contributed by atoms with Crippen LogP contribution in [0.4, 0.5) is 5.69 Å². The van der Waals surface area contributed by atoms with Crippen molar-refractivity contribution in [2.45, 2.75) is 25.7 Å². The summed E-state index contributed by atoms with van der Waals surface area (Å²) in [6, 6.07) is 10.8. The summed E-state index contributed by atoms with van der Waals surface area (Å²) in [6.45, 7) is 5.19. The van der Waals surface area contributed by atoms with Gasteiger partial charge in [-0.1, -0.05) is 29.8 Å². The van der Waals surface area contributed by atoms with E-state index in [9.17, 15) is 13.2 Å². The maximum atomic E-state index is 12.9. The van der Waals surface area contributed by atoms with Crippen LogP contribution in [0.5, 0.6) is 0 Å². The van der Waals surface area contributed by atoms with Crippen LogP contribution in [0, 0.1) is 20.8 Å². The normalized spacial score (nSPS) is 11.6. The van der Waals surface area contributed by atoms with Crippen LogP contribution in [0.25, 0.3) is 0 Å². The number of rotatable bonds is 5. The summed E-state index contributed by atoms with van der Waals surface area (Å²) in [5, 5.41) is 2.71. The fourth-order valence-corrected chi connectivity index (χ4v) is 4.68. The molecule has 2 aromatic rings. The fourth-order valence-electron chi connectivity index (χ4n) is 2.77. The first kappa shape index (κ1) is 19.6. The number of carbonyl (C=O) groups excluding carboxylic acids is 1. The molecule has 5 nitrogen and oxygen atoms in total. The van der Waals surface area contributed by atoms with Gasteiger partial charge in [-0.3, -0.25) is 4.79 Å². The van der Waals surface area contributed by atoms with Crippen molar-refractivity contribution in [1.29, 1.82) is 0 Å². The number of para-hydroxylation sites is 1. The number of aryl methyl sites for hydroxylation is 3. The SMILES string of the molecule is Cc1cc(C)c(S(=O)(=O)N(C)CC(=O)Nc2ccccc2Br)c(C)c1. The molecule has 0 radical (unpaired) electrons. The van der Waals surface area contributed by atoms with Gasteiger partial charge in [-0.25, -0.2) is 8.42 Å². The molecular weight excluding hydrogens is 404 g/mol. The maximum Gasteiger partial charge on any atom is 0.243 e. The molecule has 0 aromatic heterocycles. The summed E-state index contributed by atoms with van der Waals surface area (Å²) in [6.07, 6.45) is 0. The standard InChI is InChI=1S/C18H21BrN2O3S/c1-12-9-13(2)18(14(3)10-12)25(23,24)21(4)11-17(22)20-16-8-6-5-7-15(16)19/h5-10H,11H2,1-4H3,(H,20,22). The Hall–Kier alpha value is -1.70. The average molecular weight is 425 g/mol. The number of sulfonamides is 1. The Morgan fingerprint density at radius 3 is 2.24 bits per heavy atom. The highest BCUT2D eigenvalue weighted by molar-refractivity contribution is 9.10. The highest BCUT2D eigenvalue weighted by Crippen LogP contribution is 2.25. The molecule has 0 bridgehead atoms. The lowest BCUT2D eigenvalue weighted by Crippen LogP contribution is -2.35. The number of nitrogens with zero attached hydrogens (tertiary/aromatic N) is 1. The highest BCUT2D eigenvalue weighted by Gasteiger charge is 2.26. The van der Waals surface area contributed by atoms with Crippen LogP contribution in [-0.2, 0) is 14.8 Å². The monoisotopic (exact) mass is 424 g/mol. The molecule has 0 aliphatic rings. The van der Waals surface area contributed by atoms with Gasteiger partial charge in [0.15, 0.2) is 0 Å². The number of benzene rings is 2. The zero-order valence-electron chi connectivity index (χ0n) is 14.6. The second-order valence-corrected chi connectivity index (χ2v) is 8.85. The van der Waals surface area contributed by atoms with Gasteiger partial charge in [0.05, 0.1) is 17.1 Å². The van der Waals surface area contributed by atoms with Crippen molar-refractivity contribution in [3.05, 3.63) is 57.6 Å². The van der Waals surface area contributed by atoms with Gasteiger partial charge in [0.25, 0.3) is 0 Å². The van der Waals surface area contributed by atoms with Crippen molar-refractivity contribution in [3.63, 3.8) is 0 Å². The molecule has 0 spiro atoms. The van der Waals surface area contributed by atoms with Crippen LogP contribution in [0.1, 0.15) is 16.7 Å². The Kier molecular flexibility index (Phi) is 6.03. The van der Waals surface area contributed by atoms with Gasteiger partial charge in [-0.15, -0.1) is 0 Å². The number of likely N-dealkylation sites (N-methyl/N-ethyl adjacent to an activating group) is 1. The summed E-state index contributed by atoms with van der Waals surface area (Å²) in [7, 11) is -2.34. The van der Waals surface area contributed by atoms with Gasteiger partial charge in [0.2, 0.25) is 15.9 Å². The van der Waals surface area contributed by atoms with E-state index in [1.807, 2.05) is 25.1 Å². The van der Waals surface area contributed by atoms with Gasteiger partial charge in [-0.05, 0) is 60.0 Å². The summed E-state index contributed by atoms with van der Waals surface area (Å²) in [5.41, 5.74) is 2.95. The molecule has 1 N–H and O–H groups in total. The molecule has 0 fully saturated rings. The molecule has 2 aromatic carbocycles. The molecule has 1 amide bonds. The highest BCUT2D eigenvalue weighted by atomic mass is 79.9. The van der Waals surface area contributed by atoms with E-state index < -0.39 is 15.9 Å². The third-order valence-corrected chi connectivity index (χ3v) is 6.59. The van der Waals surface area contributed by atoms with Gasteiger partial charge in [-0.2, -0.15) is 4.31 Å². The zero-order chi connectivity index (χ0) is 18.8. The van der Waals surface area contributed by atoms with Crippen LogP contribution >= 0.6 is 15.9 Å². The summed E-state index contributed by atoms with van der Waals surface area (Å²) < 4.78 is 27.6. The van der Waals surface area contributed by atoms with Crippen LogP contribution in [0.2, 0.25) is 0 Å². The lowest BCUT2D eigenvalue weighted by atomic mass is 10.1. The molecule has 2 rings (SSSR count). The lowest BCUT2D eigenvalue weighted by molar-refractivity contribution is -0.116. The van der Waals surface area contributed by atoms with Crippen LogP contribution in [-0.4, -0.2) is 32.2 Å². The molecule has 0 aliphatic carbocycles. The molecule has 0 saturated carbocycles. The first-order valence-electron chi connectivity index (χ1n) is 7.71. The Labute approximate surface area is 157 Å². The quantitative estimate of drug-likeness (QED) is 0.796. The lowest BCUT2D eigenvalue weighted by Gasteiger charge is -2.20. The number of hydrogen-bond donors (Lipinski definition) is 1. The first-order valence-corrected chi connectivity index (χ1v) is 9.95. The Morgan fingerprint density at radius 2 is 1.68 bits per heavy atom. The third-order valence-electron chi connectivity index (χ3n) is 3.79. The summed E-state index contributed by atoms with van der Waals surface area (Å²) >= 11 is 3.35. The van der Waals surface area contributed by atoms with Gasteiger partial charge in [0, 0.05) is 11.5 Å². The van der Waals surface area contributed by atoms with Crippen molar-refractivity contribution in [3.8, 4) is 0 Å². The molecule has 0 aliphatic heterocycles. The van der Waals surface area contributed by atoms with E-state index in [0.29, 0.717) is 16.8 Å². The molecular formula is C18H21BrN2O3S. The topological polar surface area (TPSA) is 66.5 Å². The second kappa shape index (κ2) is 7.68. The van der Waals surface area contributed by atoms with Crippen molar-refractivity contribution in [1.82, 2.24) is 4.31 Å². The van der Waals surface area contributed by atoms with E-state index in [1.54, 1.807) is 32.0 Å². The second-order valence-electron chi connectivity index (χ2n) is 6.02. The summed E-state index contributed by atoms with van der Waals surface area (Å²) in [4.78, 5) is 12.5. The minimum Gasteiger partial charge on any atom is -0.324 e. The summed E-state index contributed by atoms with van der Waals surface area (Å²) in [5.74, 6) is -0.402. The number of hydrogen-bond acceptors (Lipinski definition) is 3. The van der Waals surface area contributed by atoms with E-state index in [2.05, 4.69) is 21.2 Å². The molecule has 0 heterocycles. The number of halogens is 1. The van der Waals surface area contributed by atoms with Gasteiger partial charge >= 0.3 is 0 Å². The van der Waals surface area contributed by atoms with Crippen molar-refractivity contribution < 1.29 is 13.2 Å². The van der Waals surface area contributed by atoms with Crippen molar-refractivity contribution in [2.75, 3.05) is 18.9 Å². The van der Waals surface area contributed by atoms with E-state index in [-0.39, 0.29) is 11.4 Å². The van der Waals surface area contributed by atoms with Crippen LogP contribution in [0.3, 0.4) is 0 Å². The molecule has 134 valence electrons. The number of amides is 1. The van der Waals surface area contributed by atoms with E-state index >= 15 is 0 Å². The number of anilines is 1.